The zero-order valence-electron chi connectivity index (χ0n) is 15.4. The third-order valence-electron chi connectivity index (χ3n) is 5.15. The van der Waals surface area contributed by atoms with Gasteiger partial charge in [0.25, 0.3) is 5.56 Å². The van der Waals surface area contributed by atoms with Gasteiger partial charge in [0.05, 0.1) is 23.1 Å². The highest BCUT2D eigenvalue weighted by molar-refractivity contribution is 7.13. The van der Waals surface area contributed by atoms with Crippen molar-refractivity contribution in [3.05, 3.63) is 63.0 Å². The summed E-state index contributed by atoms with van der Waals surface area (Å²) in [7, 11) is 0. The number of hydrogen-bond donors (Lipinski definition) is 2. The van der Waals surface area contributed by atoms with Gasteiger partial charge in [-0.2, -0.15) is 5.10 Å². The lowest BCUT2D eigenvalue weighted by molar-refractivity contribution is 0.446. The molecule has 0 saturated carbocycles. The second-order valence-corrected chi connectivity index (χ2v) is 8.24. The van der Waals surface area contributed by atoms with E-state index in [0.717, 1.165) is 53.5 Å². The SMILES string of the molecule is Cl.O=c1cc(C2CCNCC2)n2ncc(-c3nc(-c4cccc(Cl)c4)cs3)c2[nH]1. The summed E-state index contributed by atoms with van der Waals surface area (Å²) >= 11 is 7.64. The Bertz CT molecular complexity index is 1210. The Hall–Kier alpha value is -2.19. The summed E-state index contributed by atoms with van der Waals surface area (Å²) in [6.45, 7) is 1.92. The summed E-state index contributed by atoms with van der Waals surface area (Å²) in [4.78, 5) is 20.1. The van der Waals surface area contributed by atoms with Gasteiger partial charge < -0.3 is 10.3 Å². The lowest BCUT2D eigenvalue weighted by Crippen LogP contribution is -2.28. The highest BCUT2D eigenvalue weighted by atomic mass is 35.5. The summed E-state index contributed by atoms with van der Waals surface area (Å²) in [5.74, 6) is 0.331. The third-order valence-corrected chi connectivity index (χ3v) is 6.26. The van der Waals surface area contributed by atoms with Gasteiger partial charge in [-0.05, 0) is 38.1 Å². The largest absolute Gasteiger partial charge is 0.317 e. The topological polar surface area (TPSA) is 75.1 Å². The fraction of sp³-hybridized carbons (Fsp3) is 0.250. The number of thiazole rings is 1. The fourth-order valence-electron chi connectivity index (χ4n) is 3.76. The summed E-state index contributed by atoms with van der Waals surface area (Å²) in [6.07, 6.45) is 3.80. The first-order valence-electron chi connectivity index (χ1n) is 9.22. The van der Waals surface area contributed by atoms with E-state index in [2.05, 4.69) is 15.4 Å². The number of aromatic amines is 1. The zero-order chi connectivity index (χ0) is 19.1. The van der Waals surface area contributed by atoms with Crippen LogP contribution >= 0.6 is 35.3 Å². The van der Waals surface area contributed by atoms with E-state index in [1.165, 1.54) is 11.3 Å². The minimum absolute atomic E-state index is 0. The minimum Gasteiger partial charge on any atom is -0.317 e. The number of nitrogens with one attached hydrogen (secondary N) is 2. The molecular formula is C20H19Cl2N5OS. The summed E-state index contributed by atoms with van der Waals surface area (Å²) in [5.41, 5.74) is 4.24. The van der Waals surface area contributed by atoms with Gasteiger partial charge in [0, 0.05) is 28.0 Å². The van der Waals surface area contributed by atoms with Crippen LogP contribution in [-0.2, 0) is 0 Å². The van der Waals surface area contributed by atoms with Crippen molar-refractivity contribution < 1.29 is 0 Å². The summed E-state index contributed by atoms with van der Waals surface area (Å²) in [6, 6.07) is 9.32. The molecule has 1 aliphatic rings. The monoisotopic (exact) mass is 447 g/mol. The average Bonchev–Trinajstić information content (AvgIpc) is 3.35. The number of fused-ring (bicyclic) bond motifs is 1. The Labute approximate surface area is 182 Å². The van der Waals surface area contributed by atoms with Crippen LogP contribution < -0.4 is 10.9 Å². The molecule has 1 aliphatic heterocycles. The first-order chi connectivity index (χ1) is 13.7. The van der Waals surface area contributed by atoms with Crippen LogP contribution in [0.3, 0.4) is 0 Å². The number of benzene rings is 1. The first-order valence-corrected chi connectivity index (χ1v) is 10.5. The van der Waals surface area contributed by atoms with E-state index in [4.69, 9.17) is 16.6 Å². The lowest BCUT2D eigenvalue weighted by atomic mass is 9.94. The quantitative estimate of drug-likeness (QED) is 0.489. The van der Waals surface area contributed by atoms with Gasteiger partial charge in [0.1, 0.15) is 10.7 Å². The normalized spacial score (nSPS) is 14.8. The van der Waals surface area contributed by atoms with Gasteiger partial charge in [-0.25, -0.2) is 9.50 Å². The van der Waals surface area contributed by atoms with Crippen LogP contribution in [-0.4, -0.2) is 32.7 Å². The molecule has 0 bridgehead atoms. The Balaban J connectivity index is 0.00000205. The molecule has 29 heavy (non-hydrogen) atoms. The predicted octanol–water partition coefficient (Wildman–Crippen LogP) is 4.36. The van der Waals surface area contributed by atoms with Gasteiger partial charge in [-0.1, -0.05) is 23.7 Å². The molecule has 1 saturated heterocycles. The zero-order valence-corrected chi connectivity index (χ0v) is 17.8. The average molecular weight is 448 g/mol. The number of H-pyrrole nitrogens is 1. The van der Waals surface area contributed by atoms with Crippen molar-refractivity contribution in [3.63, 3.8) is 0 Å². The van der Waals surface area contributed by atoms with Crippen LogP contribution in [0.5, 0.6) is 0 Å². The smallest absolute Gasteiger partial charge is 0.251 e. The van der Waals surface area contributed by atoms with Crippen molar-refractivity contribution in [1.82, 2.24) is 24.9 Å². The minimum atomic E-state index is -0.102. The molecule has 0 aliphatic carbocycles. The molecule has 4 heterocycles. The predicted molar refractivity (Wildman–Crippen MR) is 119 cm³/mol. The third kappa shape index (κ3) is 3.83. The molecule has 150 valence electrons. The van der Waals surface area contributed by atoms with Crippen molar-refractivity contribution in [2.45, 2.75) is 18.8 Å². The van der Waals surface area contributed by atoms with Gasteiger partial charge in [-0.3, -0.25) is 4.79 Å². The Kier molecular flexibility index (Phi) is 5.74. The number of piperidine rings is 1. The van der Waals surface area contributed by atoms with Crippen LogP contribution in [0.25, 0.3) is 27.5 Å². The van der Waals surface area contributed by atoms with Gasteiger partial charge in [0.2, 0.25) is 0 Å². The molecular weight excluding hydrogens is 429 g/mol. The standard InChI is InChI=1S/C20H18ClN5OS.ClH/c21-14-3-1-2-13(8-14)16-11-28-20(24-16)15-10-23-26-17(9-18(27)25-19(15)26)12-4-6-22-7-5-12;/h1-3,8-12,22H,4-7H2,(H,25,27);1H. The van der Waals surface area contributed by atoms with Gasteiger partial charge >= 0.3 is 0 Å². The number of nitrogens with zero attached hydrogens (tertiary/aromatic N) is 3. The second-order valence-electron chi connectivity index (χ2n) is 6.95. The van der Waals surface area contributed by atoms with E-state index in [0.29, 0.717) is 16.6 Å². The second kappa shape index (κ2) is 8.28. The first kappa shape index (κ1) is 20.1. The van der Waals surface area contributed by atoms with Crippen molar-refractivity contribution in [1.29, 1.82) is 0 Å². The summed E-state index contributed by atoms with van der Waals surface area (Å²) in [5, 5.41) is 11.4. The highest BCUT2D eigenvalue weighted by Gasteiger charge is 2.21. The maximum atomic E-state index is 12.3. The number of rotatable bonds is 3. The molecule has 2 N–H and O–H groups in total. The fourth-order valence-corrected chi connectivity index (χ4v) is 4.79. The summed E-state index contributed by atoms with van der Waals surface area (Å²) < 4.78 is 1.87. The number of aromatic nitrogens is 4. The Morgan fingerprint density at radius 2 is 2.03 bits per heavy atom. The molecule has 1 aromatic carbocycles. The van der Waals surface area contributed by atoms with E-state index in [9.17, 15) is 4.79 Å². The lowest BCUT2D eigenvalue weighted by Gasteiger charge is -2.23. The maximum Gasteiger partial charge on any atom is 0.251 e. The van der Waals surface area contributed by atoms with Crippen molar-refractivity contribution in [2.75, 3.05) is 13.1 Å². The molecule has 9 heteroatoms. The molecule has 0 radical (unpaired) electrons. The molecule has 3 aromatic heterocycles. The van der Waals surface area contributed by atoms with Crippen LogP contribution in [0.1, 0.15) is 24.5 Å². The molecule has 6 nitrogen and oxygen atoms in total. The molecule has 1 fully saturated rings. The van der Waals surface area contributed by atoms with E-state index in [1.54, 1.807) is 12.3 Å². The Morgan fingerprint density at radius 3 is 2.83 bits per heavy atom. The molecule has 0 spiro atoms. The van der Waals surface area contributed by atoms with Crippen molar-refractivity contribution >= 4 is 41.0 Å². The van der Waals surface area contributed by atoms with Crippen molar-refractivity contribution in [2.24, 2.45) is 0 Å². The molecule has 4 aromatic rings. The van der Waals surface area contributed by atoms with Gasteiger partial charge in [-0.15, -0.1) is 23.7 Å². The molecule has 0 amide bonds. The van der Waals surface area contributed by atoms with Crippen molar-refractivity contribution in [3.8, 4) is 21.8 Å². The van der Waals surface area contributed by atoms with Gasteiger partial charge in [0.15, 0.2) is 0 Å². The molecule has 5 rings (SSSR count). The van der Waals surface area contributed by atoms with Crippen LogP contribution in [0.15, 0.2) is 46.7 Å². The van der Waals surface area contributed by atoms with Crippen LogP contribution in [0.4, 0.5) is 0 Å². The molecule has 0 atom stereocenters. The molecule has 0 unspecified atom stereocenters. The maximum absolute atomic E-state index is 12.3. The van der Waals surface area contributed by atoms with E-state index < -0.39 is 0 Å². The number of halogens is 2. The highest BCUT2D eigenvalue weighted by Crippen LogP contribution is 2.33. The van der Waals surface area contributed by atoms with E-state index in [1.807, 2.05) is 34.2 Å². The van der Waals surface area contributed by atoms with Crippen LogP contribution in [0, 0.1) is 0 Å². The Morgan fingerprint density at radius 1 is 1.21 bits per heavy atom. The van der Waals surface area contributed by atoms with Crippen LogP contribution in [0.2, 0.25) is 5.02 Å². The van der Waals surface area contributed by atoms with E-state index >= 15 is 0 Å². The van der Waals surface area contributed by atoms with E-state index in [-0.39, 0.29) is 18.0 Å². The number of hydrogen-bond acceptors (Lipinski definition) is 5.